The maximum Gasteiger partial charge on any atom is 0.295 e. The molecule has 0 fully saturated rings. The second-order valence-corrected chi connectivity index (χ2v) is 7.74. The third kappa shape index (κ3) is 2.93. The lowest BCUT2D eigenvalue weighted by molar-refractivity contribution is 0.452. The molecule has 0 aliphatic rings. The van der Waals surface area contributed by atoms with Gasteiger partial charge in [0.1, 0.15) is 0 Å². The van der Waals surface area contributed by atoms with Crippen molar-refractivity contribution in [3.8, 4) is 11.1 Å². The summed E-state index contributed by atoms with van der Waals surface area (Å²) in [4.78, 5) is 1.22. The third-order valence-electron chi connectivity index (χ3n) is 3.31. The Labute approximate surface area is 133 Å². The van der Waals surface area contributed by atoms with Crippen LogP contribution in [0.15, 0.2) is 57.6 Å². The van der Waals surface area contributed by atoms with E-state index in [0.717, 1.165) is 16.7 Å². The summed E-state index contributed by atoms with van der Waals surface area (Å²) in [5.41, 5.74) is 3.47. The molecule has 22 heavy (non-hydrogen) atoms. The topological polar surface area (TPSA) is 59.3 Å². The molecule has 1 aromatic carbocycles. The van der Waals surface area contributed by atoms with E-state index in [1.807, 2.05) is 32.0 Å². The van der Waals surface area contributed by atoms with Crippen LogP contribution in [0, 0.1) is 13.8 Å². The van der Waals surface area contributed by atoms with E-state index in [2.05, 4.69) is 16.2 Å². The van der Waals surface area contributed by atoms with Crippen molar-refractivity contribution in [1.29, 1.82) is 0 Å². The Bertz CT molecular complexity index is 893. The summed E-state index contributed by atoms with van der Waals surface area (Å²) in [6.07, 6.45) is 1.34. The van der Waals surface area contributed by atoms with Gasteiger partial charge >= 0.3 is 0 Å². The highest BCUT2D eigenvalue weighted by atomic mass is 32.2. The molecule has 4 nitrogen and oxygen atoms in total. The highest BCUT2D eigenvalue weighted by Crippen LogP contribution is 2.30. The van der Waals surface area contributed by atoms with Gasteiger partial charge in [0.05, 0.1) is 12.0 Å². The number of benzene rings is 1. The number of rotatable bonds is 4. The number of anilines is 1. The molecule has 6 heteroatoms. The number of nitrogens with one attached hydrogen (secondary N) is 1. The lowest BCUT2D eigenvalue weighted by Gasteiger charge is -2.10. The molecule has 0 aliphatic carbocycles. The van der Waals surface area contributed by atoms with Crippen molar-refractivity contribution in [2.45, 2.75) is 18.9 Å². The molecule has 3 rings (SSSR count). The Hall–Kier alpha value is -2.05. The average molecular weight is 333 g/mol. The molecule has 0 saturated carbocycles. The fourth-order valence-electron chi connectivity index (χ4n) is 2.12. The minimum atomic E-state index is -3.70. The zero-order chi connectivity index (χ0) is 15.7. The van der Waals surface area contributed by atoms with Gasteiger partial charge in [-0.2, -0.15) is 8.42 Å². The van der Waals surface area contributed by atoms with E-state index in [0.29, 0.717) is 5.69 Å². The first-order valence-electron chi connectivity index (χ1n) is 6.68. The zero-order valence-electron chi connectivity index (χ0n) is 12.2. The van der Waals surface area contributed by atoms with E-state index < -0.39 is 10.0 Å². The molecule has 0 amide bonds. The molecule has 0 spiro atoms. The summed E-state index contributed by atoms with van der Waals surface area (Å²) in [6.45, 7) is 3.91. The van der Waals surface area contributed by atoms with Crippen LogP contribution in [0.4, 0.5) is 5.69 Å². The van der Waals surface area contributed by atoms with Crippen molar-refractivity contribution >= 4 is 27.0 Å². The smallest absolute Gasteiger partial charge is 0.295 e. The summed E-state index contributed by atoms with van der Waals surface area (Å²) in [5.74, 6) is 0. The lowest BCUT2D eigenvalue weighted by atomic mass is 10.1. The van der Waals surface area contributed by atoms with Crippen molar-refractivity contribution in [3.63, 3.8) is 0 Å². The minimum Gasteiger partial charge on any atom is -0.451 e. The maximum absolute atomic E-state index is 12.3. The van der Waals surface area contributed by atoms with Crippen molar-refractivity contribution < 1.29 is 12.8 Å². The summed E-state index contributed by atoms with van der Waals surface area (Å²) >= 11 is 1.67. The monoisotopic (exact) mass is 333 g/mol. The molecule has 0 radical (unpaired) electrons. The van der Waals surface area contributed by atoms with Gasteiger partial charge in [-0.1, -0.05) is 12.1 Å². The number of sulfonamides is 1. The van der Waals surface area contributed by atoms with E-state index in [-0.39, 0.29) is 5.09 Å². The van der Waals surface area contributed by atoms with Crippen LogP contribution in [-0.2, 0) is 10.0 Å². The van der Waals surface area contributed by atoms with Crippen LogP contribution in [0.3, 0.4) is 0 Å². The fraction of sp³-hybridized carbons (Fsp3) is 0.125. The van der Waals surface area contributed by atoms with E-state index >= 15 is 0 Å². The number of thiophene rings is 1. The standard InChI is InChI=1S/C16H15NO3S2/c1-11-5-6-13(14-8-12(2)21-10-14)9-15(11)17-22(18,19)16-4-3-7-20-16/h3-10,17H,1-2H3. The SMILES string of the molecule is Cc1cc(-c2ccc(C)c(NS(=O)(=O)c3ccco3)c2)cs1. The van der Waals surface area contributed by atoms with Crippen molar-refractivity contribution in [3.05, 3.63) is 58.5 Å². The molecular formula is C16H15NO3S2. The van der Waals surface area contributed by atoms with Gasteiger partial charge in [-0.3, -0.25) is 4.72 Å². The summed E-state index contributed by atoms with van der Waals surface area (Å²) in [6, 6.07) is 10.8. The predicted octanol–water partition coefficient (Wildman–Crippen LogP) is 4.43. The van der Waals surface area contributed by atoms with Gasteiger partial charge in [0.25, 0.3) is 10.0 Å². The van der Waals surface area contributed by atoms with Gasteiger partial charge in [0, 0.05) is 4.88 Å². The lowest BCUT2D eigenvalue weighted by Crippen LogP contribution is -2.13. The Balaban J connectivity index is 1.97. The molecule has 0 unspecified atom stereocenters. The second-order valence-electron chi connectivity index (χ2n) is 5.01. The van der Waals surface area contributed by atoms with Gasteiger partial charge in [-0.25, -0.2) is 0 Å². The van der Waals surface area contributed by atoms with Crippen LogP contribution in [0.2, 0.25) is 0 Å². The third-order valence-corrected chi connectivity index (χ3v) is 5.42. The Morgan fingerprint density at radius 2 is 1.91 bits per heavy atom. The first-order chi connectivity index (χ1) is 10.5. The fourth-order valence-corrected chi connectivity index (χ4v) is 3.88. The number of hydrogen-bond acceptors (Lipinski definition) is 4. The summed E-state index contributed by atoms with van der Waals surface area (Å²) in [5, 5.41) is 1.97. The van der Waals surface area contributed by atoms with E-state index in [1.165, 1.54) is 17.2 Å². The molecule has 0 bridgehead atoms. The summed E-state index contributed by atoms with van der Waals surface area (Å²) in [7, 11) is -3.70. The highest BCUT2D eigenvalue weighted by molar-refractivity contribution is 7.92. The van der Waals surface area contributed by atoms with Gasteiger partial charge < -0.3 is 4.42 Å². The Morgan fingerprint density at radius 1 is 1.09 bits per heavy atom. The first-order valence-corrected chi connectivity index (χ1v) is 9.04. The normalized spacial score (nSPS) is 11.5. The van der Waals surface area contributed by atoms with Crippen molar-refractivity contribution in [2.24, 2.45) is 0 Å². The zero-order valence-corrected chi connectivity index (χ0v) is 13.8. The Morgan fingerprint density at radius 3 is 2.55 bits per heavy atom. The highest BCUT2D eigenvalue weighted by Gasteiger charge is 2.18. The first kappa shape index (κ1) is 14.9. The van der Waals surface area contributed by atoms with Crippen LogP contribution < -0.4 is 4.72 Å². The predicted molar refractivity (Wildman–Crippen MR) is 88.7 cm³/mol. The number of aryl methyl sites for hydroxylation is 2. The van der Waals surface area contributed by atoms with Crippen molar-refractivity contribution in [1.82, 2.24) is 0 Å². The van der Waals surface area contributed by atoms with Gasteiger partial charge in [-0.15, -0.1) is 11.3 Å². The van der Waals surface area contributed by atoms with Crippen LogP contribution in [0.5, 0.6) is 0 Å². The van der Waals surface area contributed by atoms with Crippen LogP contribution in [0.1, 0.15) is 10.4 Å². The van der Waals surface area contributed by atoms with Gasteiger partial charge in [0.15, 0.2) is 0 Å². The molecule has 0 saturated heterocycles. The molecular weight excluding hydrogens is 318 g/mol. The van der Waals surface area contributed by atoms with Gasteiger partial charge in [-0.05, 0) is 60.2 Å². The molecule has 0 atom stereocenters. The maximum atomic E-state index is 12.3. The van der Waals surface area contributed by atoms with E-state index in [4.69, 9.17) is 4.42 Å². The van der Waals surface area contributed by atoms with Crippen LogP contribution in [0.25, 0.3) is 11.1 Å². The molecule has 3 aromatic rings. The van der Waals surface area contributed by atoms with E-state index in [1.54, 1.807) is 17.4 Å². The Kier molecular flexibility index (Phi) is 3.80. The molecule has 2 heterocycles. The summed E-state index contributed by atoms with van der Waals surface area (Å²) < 4.78 is 32.1. The van der Waals surface area contributed by atoms with Crippen LogP contribution in [-0.4, -0.2) is 8.42 Å². The largest absolute Gasteiger partial charge is 0.451 e. The number of hydrogen-bond donors (Lipinski definition) is 1. The molecule has 0 aliphatic heterocycles. The quantitative estimate of drug-likeness (QED) is 0.768. The van der Waals surface area contributed by atoms with E-state index in [9.17, 15) is 8.42 Å². The second kappa shape index (κ2) is 5.62. The molecule has 1 N–H and O–H groups in total. The minimum absolute atomic E-state index is 0.0938. The average Bonchev–Trinajstić information content (AvgIpc) is 3.12. The van der Waals surface area contributed by atoms with Crippen LogP contribution >= 0.6 is 11.3 Å². The van der Waals surface area contributed by atoms with Crippen molar-refractivity contribution in [2.75, 3.05) is 4.72 Å². The molecule has 2 aromatic heterocycles. The molecule has 114 valence electrons. The van der Waals surface area contributed by atoms with Gasteiger partial charge in [0.2, 0.25) is 5.09 Å². The number of furan rings is 1.